The topological polar surface area (TPSA) is 87.6 Å². The van der Waals surface area contributed by atoms with Gasteiger partial charge in [-0.3, -0.25) is 4.79 Å². The van der Waals surface area contributed by atoms with E-state index >= 15 is 0 Å². The number of carbonyl (C=O) groups excluding carboxylic acids is 1. The zero-order valence-electron chi connectivity index (χ0n) is 15.0. The molecule has 2 aliphatic heterocycles. The number of anilines is 1. The van der Waals surface area contributed by atoms with E-state index < -0.39 is 5.60 Å². The van der Waals surface area contributed by atoms with E-state index in [1.54, 1.807) is 18.5 Å². The molecule has 7 nitrogen and oxygen atoms in total. The molecule has 2 saturated heterocycles. The Balaban J connectivity index is 1.62. The average Bonchev–Trinajstić information content (AvgIpc) is 2.54. The Hall–Kier alpha value is -1.73. The summed E-state index contributed by atoms with van der Waals surface area (Å²) >= 11 is 0. The van der Waals surface area contributed by atoms with Crippen LogP contribution >= 0.6 is 0 Å². The second-order valence-electron chi connectivity index (χ2n) is 7.60. The number of ether oxygens (including phenoxy) is 1. The number of amides is 1. The lowest BCUT2D eigenvalue weighted by Gasteiger charge is -2.47. The van der Waals surface area contributed by atoms with Gasteiger partial charge in [0.2, 0.25) is 11.9 Å². The Kier molecular flexibility index (Phi) is 5.54. The van der Waals surface area contributed by atoms with Crippen LogP contribution in [0.4, 0.5) is 5.95 Å². The van der Waals surface area contributed by atoms with Gasteiger partial charge in [-0.2, -0.15) is 0 Å². The van der Waals surface area contributed by atoms with Crippen molar-refractivity contribution < 1.29 is 14.6 Å². The molecule has 0 radical (unpaired) electrons. The third-order valence-electron chi connectivity index (χ3n) is 5.39. The molecule has 1 atom stereocenters. The van der Waals surface area contributed by atoms with E-state index in [4.69, 9.17) is 4.74 Å². The quantitative estimate of drug-likeness (QED) is 0.802. The molecule has 1 amide bonds. The highest BCUT2D eigenvalue weighted by Gasteiger charge is 2.43. The van der Waals surface area contributed by atoms with Crippen molar-refractivity contribution in [2.24, 2.45) is 17.8 Å². The Morgan fingerprint density at radius 2 is 2.00 bits per heavy atom. The lowest BCUT2D eigenvalue weighted by atomic mass is 9.80. The monoisotopic (exact) mass is 348 g/mol. The van der Waals surface area contributed by atoms with Gasteiger partial charge in [-0.05, 0) is 38.7 Å². The van der Waals surface area contributed by atoms with Gasteiger partial charge in [-0.1, -0.05) is 0 Å². The maximum atomic E-state index is 13.0. The molecule has 0 aromatic carbocycles. The first-order valence-corrected chi connectivity index (χ1v) is 9.05. The Morgan fingerprint density at radius 3 is 2.60 bits per heavy atom. The van der Waals surface area contributed by atoms with Gasteiger partial charge in [0.05, 0.1) is 11.5 Å². The molecule has 0 bridgehead atoms. The number of aromatic nitrogens is 2. The molecule has 3 heterocycles. The van der Waals surface area contributed by atoms with Gasteiger partial charge >= 0.3 is 0 Å². The summed E-state index contributed by atoms with van der Waals surface area (Å²) in [6.07, 6.45) is 5.17. The average molecular weight is 348 g/mol. The molecule has 0 spiro atoms. The van der Waals surface area contributed by atoms with E-state index in [1.807, 2.05) is 18.7 Å². The normalized spacial score (nSPS) is 20.8. The maximum absolute atomic E-state index is 13.0. The SMILES string of the molecule is CC(C)(O)C1CN(C(=O)C(CNc2ncccn2)C2CCOCC2)C1. The molecule has 0 saturated carbocycles. The van der Waals surface area contributed by atoms with Crippen molar-refractivity contribution in [3.05, 3.63) is 18.5 Å². The smallest absolute Gasteiger partial charge is 0.227 e. The predicted molar refractivity (Wildman–Crippen MR) is 93.9 cm³/mol. The number of nitrogens with one attached hydrogen (secondary N) is 1. The number of aliphatic hydroxyl groups is 1. The van der Waals surface area contributed by atoms with Crippen molar-refractivity contribution in [3.8, 4) is 0 Å². The number of hydrogen-bond acceptors (Lipinski definition) is 6. The summed E-state index contributed by atoms with van der Waals surface area (Å²) in [5, 5.41) is 13.3. The van der Waals surface area contributed by atoms with Gasteiger partial charge in [0.1, 0.15) is 0 Å². The minimum atomic E-state index is -0.735. The number of carbonyl (C=O) groups is 1. The summed E-state index contributed by atoms with van der Waals surface area (Å²) in [5.41, 5.74) is -0.735. The first-order valence-electron chi connectivity index (χ1n) is 9.05. The van der Waals surface area contributed by atoms with E-state index in [1.165, 1.54) is 0 Å². The number of likely N-dealkylation sites (tertiary alicyclic amines) is 1. The van der Waals surface area contributed by atoms with Crippen LogP contribution in [-0.2, 0) is 9.53 Å². The molecule has 2 aliphatic rings. The van der Waals surface area contributed by atoms with E-state index in [0.717, 1.165) is 12.8 Å². The molecule has 138 valence electrons. The van der Waals surface area contributed by atoms with E-state index in [-0.39, 0.29) is 17.7 Å². The van der Waals surface area contributed by atoms with E-state index in [0.29, 0.717) is 44.7 Å². The summed E-state index contributed by atoms with van der Waals surface area (Å²) in [7, 11) is 0. The van der Waals surface area contributed by atoms with Crippen LogP contribution in [0, 0.1) is 17.8 Å². The lowest BCUT2D eigenvalue weighted by Crippen LogP contribution is -2.60. The van der Waals surface area contributed by atoms with Gasteiger partial charge < -0.3 is 20.1 Å². The number of nitrogens with zero attached hydrogens (tertiary/aromatic N) is 3. The summed E-state index contributed by atoms with van der Waals surface area (Å²) < 4.78 is 5.45. The van der Waals surface area contributed by atoms with Crippen LogP contribution in [0.25, 0.3) is 0 Å². The predicted octanol–water partition coefficient (Wildman–Crippen LogP) is 1.16. The molecular weight excluding hydrogens is 320 g/mol. The molecule has 1 unspecified atom stereocenters. The van der Waals surface area contributed by atoms with E-state index in [2.05, 4.69) is 15.3 Å². The third kappa shape index (κ3) is 4.46. The molecule has 1 aromatic rings. The second-order valence-corrected chi connectivity index (χ2v) is 7.60. The van der Waals surface area contributed by atoms with Crippen molar-refractivity contribution >= 4 is 11.9 Å². The van der Waals surface area contributed by atoms with Crippen molar-refractivity contribution in [1.82, 2.24) is 14.9 Å². The fourth-order valence-electron chi connectivity index (χ4n) is 3.51. The standard InChI is InChI=1S/C18H28N4O3/c1-18(2,24)14-11-22(12-14)16(23)15(13-4-8-25-9-5-13)10-21-17-19-6-3-7-20-17/h3,6-7,13-15,24H,4-5,8-12H2,1-2H3,(H,19,20,21). The number of rotatable bonds is 6. The molecule has 2 N–H and O–H groups in total. The Labute approximate surface area is 148 Å². The van der Waals surface area contributed by atoms with Gasteiger partial charge in [0.15, 0.2) is 0 Å². The maximum Gasteiger partial charge on any atom is 0.227 e. The Bertz CT molecular complexity index is 563. The molecule has 0 aliphatic carbocycles. The summed E-state index contributed by atoms with van der Waals surface area (Å²) in [6, 6.07) is 1.77. The molecule has 7 heteroatoms. The highest BCUT2D eigenvalue weighted by molar-refractivity contribution is 5.80. The van der Waals surface area contributed by atoms with Crippen molar-refractivity contribution in [1.29, 1.82) is 0 Å². The fourth-order valence-corrected chi connectivity index (χ4v) is 3.51. The minimum absolute atomic E-state index is 0.115. The Morgan fingerprint density at radius 1 is 1.36 bits per heavy atom. The van der Waals surface area contributed by atoms with Crippen LogP contribution in [0.5, 0.6) is 0 Å². The van der Waals surface area contributed by atoms with Crippen LogP contribution in [-0.4, -0.2) is 64.3 Å². The summed E-state index contributed by atoms with van der Waals surface area (Å²) in [4.78, 5) is 23.3. The lowest BCUT2D eigenvalue weighted by molar-refractivity contribution is -0.151. The number of hydrogen-bond donors (Lipinski definition) is 2. The molecule has 25 heavy (non-hydrogen) atoms. The van der Waals surface area contributed by atoms with Crippen LogP contribution < -0.4 is 5.32 Å². The fraction of sp³-hybridized carbons (Fsp3) is 0.722. The van der Waals surface area contributed by atoms with Crippen LogP contribution in [0.3, 0.4) is 0 Å². The van der Waals surface area contributed by atoms with Gasteiger partial charge in [0.25, 0.3) is 0 Å². The highest BCUT2D eigenvalue weighted by atomic mass is 16.5. The van der Waals surface area contributed by atoms with Crippen molar-refractivity contribution in [3.63, 3.8) is 0 Å². The zero-order chi connectivity index (χ0) is 17.9. The molecule has 1 aromatic heterocycles. The molecule has 2 fully saturated rings. The highest BCUT2D eigenvalue weighted by Crippen LogP contribution is 2.32. The van der Waals surface area contributed by atoms with Crippen molar-refractivity contribution in [2.45, 2.75) is 32.3 Å². The summed E-state index contributed by atoms with van der Waals surface area (Å²) in [6.45, 7) is 6.82. The van der Waals surface area contributed by atoms with Gasteiger partial charge in [0, 0.05) is 51.2 Å². The largest absolute Gasteiger partial charge is 0.390 e. The zero-order valence-corrected chi connectivity index (χ0v) is 15.0. The molecule has 3 rings (SSSR count). The van der Waals surface area contributed by atoms with E-state index in [9.17, 15) is 9.90 Å². The second kappa shape index (κ2) is 7.66. The molecular formula is C18H28N4O3. The van der Waals surface area contributed by atoms with Gasteiger partial charge in [-0.25, -0.2) is 9.97 Å². The first-order chi connectivity index (χ1) is 11.9. The first kappa shape index (κ1) is 18.1. The van der Waals surface area contributed by atoms with Crippen LogP contribution in [0.2, 0.25) is 0 Å². The van der Waals surface area contributed by atoms with Gasteiger partial charge in [-0.15, -0.1) is 0 Å². The third-order valence-corrected chi connectivity index (χ3v) is 5.39. The van der Waals surface area contributed by atoms with Crippen LogP contribution in [0.15, 0.2) is 18.5 Å². The minimum Gasteiger partial charge on any atom is -0.390 e. The van der Waals surface area contributed by atoms with Crippen LogP contribution in [0.1, 0.15) is 26.7 Å². The van der Waals surface area contributed by atoms with Crippen molar-refractivity contribution in [2.75, 3.05) is 38.2 Å². The summed E-state index contributed by atoms with van der Waals surface area (Å²) in [5.74, 6) is 1.05.